The van der Waals surface area contributed by atoms with E-state index in [0.717, 1.165) is 56.6 Å². The number of rotatable bonds is 5. The van der Waals surface area contributed by atoms with E-state index in [-0.39, 0.29) is 18.2 Å². The monoisotopic (exact) mass is 752 g/mol. The third-order valence-electron chi connectivity index (χ3n) is 11.8. The van der Waals surface area contributed by atoms with Gasteiger partial charge < -0.3 is 14.3 Å². The van der Waals surface area contributed by atoms with Crippen LogP contribution in [0.1, 0.15) is 29.9 Å². The Hall–Kier alpha value is -6.73. The quantitative estimate of drug-likeness (QED) is 0.184. The molecule has 5 nitrogen and oxygen atoms in total. The molecule has 0 saturated heterocycles. The number of furan rings is 1. The van der Waals surface area contributed by atoms with Crippen molar-refractivity contribution in [1.82, 2.24) is 15.2 Å². The number of thiophene rings is 1. The van der Waals surface area contributed by atoms with Crippen LogP contribution in [0.5, 0.6) is 0 Å². The molecule has 0 spiro atoms. The molecular weight excluding hydrogens is 717 g/mol. The van der Waals surface area contributed by atoms with Crippen LogP contribution in [0.15, 0.2) is 173 Å². The Morgan fingerprint density at radius 3 is 2.14 bits per heavy atom. The van der Waals surface area contributed by atoms with E-state index in [4.69, 9.17) is 9.41 Å². The summed E-state index contributed by atoms with van der Waals surface area (Å²) in [5, 5.41) is 14.8. The molecule has 3 atom stereocenters. The second-order valence-corrected chi connectivity index (χ2v) is 16.2. The number of hydrogen-bond donors (Lipinski definition) is 2. The van der Waals surface area contributed by atoms with Gasteiger partial charge in [-0.15, -0.1) is 11.3 Å². The Morgan fingerprint density at radius 1 is 0.649 bits per heavy atom. The second-order valence-electron chi connectivity index (χ2n) is 15.1. The minimum absolute atomic E-state index is 0.0516. The molecule has 272 valence electrons. The fourth-order valence-electron chi connectivity index (χ4n) is 9.14. The summed E-state index contributed by atoms with van der Waals surface area (Å²) in [6.07, 6.45) is 5.55. The van der Waals surface area contributed by atoms with E-state index in [1.165, 1.54) is 47.2 Å². The lowest BCUT2D eigenvalue weighted by molar-refractivity contribution is 0.401. The molecule has 0 saturated carbocycles. The Morgan fingerprint density at radius 2 is 1.35 bits per heavy atom. The minimum atomic E-state index is -0.145. The zero-order valence-electron chi connectivity index (χ0n) is 30.9. The molecule has 6 heteroatoms. The Bertz CT molecular complexity index is 3300. The van der Waals surface area contributed by atoms with Crippen LogP contribution in [0.25, 0.3) is 82.8 Å². The van der Waals surface area contributed by atoms with Crippen LogP contribution in [0.4, 0.5) is 0 Å². The van der Waals surface area contributed by atoms with E-state index in [1.54, 1.807) is 0 Å². The van der Waals surface area contributed by atoms with Gasteiger partial charge in [-0.3, -0.25) is 5.32 Å². The van der Waals surface area contributed by atoms with E-state index < -0.39 is 0 Å². The molecule has 2 aliphatic rings. The number of aliphatic imine (C=N–C) groups is 1. The number of para-hydroxylation sites is 3. The molecule has 0 amide bonds. The molecule has 0 bridgehead atoms. The number of nitrogens with one attached hydrogen (secondary N) is 2. The SMILES string of the molecule is C1=c2sc3ccc(-c4cccc5c4oc4cccc(-n6c7ccccc7c7ccccc76)c45)cc3c2=CC(C2=NC(c3ccccc3)NC(c3ccccc3)N2)C1. The summed E-state index contributed by atoms with van der Waals surface area (Å²) in [5.41, 5.74) is 9.88. The van der Waals surface area contributed by atoms with Gasteiger partial charge in [0.2, 0.25) is 0 Å². The first-order chi connectivity index (χ1) is 28.2. The molecule has 1 aliphatic carbocycles. The molecule has 0 radical (unpaired) electrons. The molecule has 1 aliphatic heterocycles. The van der Waals surface area contributed by atoms with Crippen molar-refractivity contribution in [2.24, 2.45) is 10.9 Å². The van der Waals surface area contributed by atoms with Gasteiger partial charge in [-0.05, 0) is 64.7 Å². The first-order valence-electron chi connectivity index (χ1n) is 19.6. The number of hydrogen-bond acceptors (Lipinski definition) is 5. The summed E-state index contributed by atoms with van der Waals surface area (Å²) in [5.74, 6) is 1.14. The lowest BCUT2D eigenvalue weighted by Gasteiger charge is -2.34. The van der Waals surface area contributed by atoms with Crippen LogP contribution >= 0.6 is 11.3 Å². The van der Waals surface area contributed by atoms with E-state index in [0.29, 0.717) is 0 Å². The van der Waals surface area contributed by atoms with Gasteiger partial charge in [0, 0.05) is 42.3 Å². The molecular formula is C51H36N4OS. The lowest BCUT2D eigenvalue weighted by Crippen LogP contribution is -2.47. The maximum absolute atomic E-state index is 6.84. The average molecular weight is 753 g/mol. The van der Waals surface area contributed by atoms with E-state index >= 15 is 0 Å². The van der Waals surface area contributed by atoms with E-state index in [1.807, 2.05) is 11.3 Å². The van der Waals surface area contributed by atoms with Crippen molar-refractivity contribution >= 4 is 83.2 Å². The normalized spacial score (nSPS) is 18.0. The maximum Gasteiger partial charge on any atom is 0.143 e. The first kappa shape index (κ1) is 32.5. The van der Waals surface area contributed by atoms with Crippen molar-refractivity contribution in [3.63, 3.8) is 0 Å². The minimum Gasteiger partial charge on any atom is -0.455 e. The van der Waals surface area contributed by atoms with Crippen LogP contribution in [0, 0.1) is 5.92 Å². The van der Waals surface area contributed by atoms with Crippen molar-refractivity contribution < 1.29 is 4.42 Å². The topological polar surface area (TPSA) is 54.5 Å². The largest absolute Gasteiger partial charge is 0.455 e. The highest BCUT2D eigenvalue weighted by Crippen LogP contribution is 2.41. The summed E-state index contributed by atoms with van der Waals surface area (Å²) in [6.45, 7) is 0. The Kier molecular flexibility index (Phi) is 7.37. The molecule has 10 aromatic rings. The van der Waals surface area contributed by atoms with Crippen LogP contribution < -0.4 is 20.4 Å². The third-order valence-corrected chi connectivity index (χ3v) is 13.0. The summed E-state index contributed by atoms with van der Waals surface area (Å²) in [4.78, 5) is 5.30. The number of amidine groups is 1. The Labute approximate surface area is 332 Å². The molecule has 57 heavy (non-hydrogen) atoms. The van der Waals surface area contributed by atoms with E-state index in [9.17, 15) is 0 Å². The van der Waals surface area contributed by atoms with Gasteiger partial charge >= 0.3 is 0 Å². The number of fused-ring (bicyclic) bond motifs is 9. The van der Waals surface area contributed by atoms with Crippen LogP contribution in [-0.2, 0) is 0 Å². The van der Waals surface area contributed by atoms with Gasteiger partial charge in [-0.1, -0.05) is 140 Å². The van der Waals surface area contributed by atoms with Crippen molar-refractivity contribution in [2.75, 3.05) is 0 Å². The first-order valence-corrected chi connectivity index (χ1v) is 20.4. The van der Waals surface area contributed by atoms with Gasteiger partial charge in [0.1, 0.15) is 29.3 Å². The van der Waals surface area contributed by atoms with Gasteiger partial charge in [0.25, 0.3) is 0 Å². The number of benzene rings is 7. The molecule has 3 unspecified atom stereocenters. The standard InChI is InChI=1S/C51H36N4OS/c1-3-13-31(14-4-1)49-52-50(32-15-5-2-6-16-32)54-51(53-49)34-26-28-46-40(30-34)39-29-33(25-27-45(39)57-46)35-19-11-20-38-47-43(23-12-24-44(47)56-48(35)38)55-41-21-9-7-17-36(41)37-18-8-10-22-42(37)55/h1-25,27-30,34,49-50,52H,26H2,(H,53,54). The molecule has 2 N–H and O–H groups in total. The van der Waals surface area contributed by atoms with Gasteiger partial charge in [-0.25, -0.2) is 4.99 Å². The highest BCUT2D eigenvalue weighted by molar-refractivity contribution is 7.17. The predicted molar refractivity (Wildman–Crippen MR) is 237 cm³/mol. The zero-order chi connectivity index (χ0) is 37.5. The van der Waals surface area contributed by atoms with Gasteiger partial charge in [0.15, 0.2) is 0 Å². The molecule has 4 heterocycles. The van der Waals surface area contributed by atoms with Crippen LogP contribution in [-0.4, -0.2) is 10.4 Å². The summed E-state index contributed by atoms with van der Waals surface area (Å²) in [7, 11) is 0. The number of aromatic nitrogens is 1. The van der Waals surface area contributed by atoms with Gasteiger partial charge in [-0.2, -0.15) is 0 Å². The van der Waals surface area contributed by atoms with Crippen LogP contribution in [0.2, 0.25) is 0 Å². The van der Waals surface area contributed by atoms with Gasteiger partial charge in [0.05, 0.1) is 22.1 Å². The fraction of sp³-hybridized carbons (Fsp3) is 0.0784. The summed E-state index contributed by atoms with van der Waals surface area (Å²) in [6, 6.07) is 58.4. The fourth-order valence-corrected chi connectivity index (χ4v) is 10.3. The molecule has 7 aromatic carbocycles. The predicted octanol–water partition coefficient (Wildman–Crippen LogP) is 11.1. The van der Waals surface area contributed by atoms with Crippen molar-refractivity contribution in [3.8, 4) is 16.8 Å². The molecule has 3 aromatic heterocycles. The summed E-state index contributed by atoms with van der Waals surface area (Å²) >= 11 is 1.87. The zero-order valence-corrected chi connectivity index (χ0v) is 31.7. The van der Waals surface area contributed by atoms with Crippen molar-refractivity contribution in [3.05, 3.63) is 185 Å². The van der Waals surface area contributed by atoms with Crippen LogP contribution in [0.3, 0.4) is 0 Å². The Balaban J connectivity index is 0.980. The lowest BCUT2D eigenvalue weighted by atomic mass is 9.95. The van der Waals surface area contributed by atoms with Crippen molar-refractivity contribution in [1.29, 1.82) is 0 Å². The van der Waals surface area contributed by atoms with Crippen molar-refractivity contribution in [2.45, 2.75) is 18.8 Å². The molecule has 12 rings (SSSR count). The second kappa shape index (κ2) is 12.9. The average Bonchev–Trinajstić information content (AvgIpc) is 3.96. The maximum atomic E-state index is 6.84. The van der Waals surface area contributed by atoms with E-state index in [2.05, 4.69) is 191 Å². The smallest absolute Gasteiger partial charge is 0.143 e. The highest BCUT2D eigenvalue weighted by atomic mass is 32.1. The third kappa shape index (κ3) is 5.22. The number of nitrogens with zero attached hydrogens (tertiary/aromatic N) is 2. The highest BCUT2D eigenvalue weighted by Gasteiger charge is 2.28. The summed E-state index contributed by atoms with van der Waals surface area (Å²) < 4.78 is 11.8. The molecule has 0 fully saturated rings.